The van der Waals surface area contributed by atoms with E-state index in [4.69, 9.17) is 5.11 Å². The van der Waals surface area contributed by atoms with Gasteiger partial charge in [-0.05, 0) is 6.92 Å². The molecule has 0 bridgehead atoms. The lowest BCUT2D eigenvalue weighted by atomic mass is 10.2. The first-order valence-corrected chi connectivity index (χ1v) is 3.94. The number of hydrogen-bond donors (Lipinski definition) is 3. The summed E-state index contributed by atoms with van der Waals surface area (Å²) in [5.41, 5.74) is 1.14. The van der Waals surface area contributed by atoms with E-state index in [0.29, 0.717) is 11.1 Å². The Hall–Kier alpha value is -1.42. The molecule has 1 rings (SSSR count). The van der Waals surface area contributed by atoms with E-state index in [1.165, 1.54) is 10.6 Å². The molecule has 0 aromatic carbocycles. The number of hydrogen-bond acceptors (Lipinski definition) is 3. The highest BCUT2D eigenvalue weighted by Gasteiger charge is 2.13. The van der Waals surface area contributed by atoms with Crippen LogP contribution in [0.4, 0.5) is 0 Å². The Morgan fingerprint density at radius 1 is 1.31 bits per heavy atom. The van der Waals surface area contributed by atoms with Gasteiger partial charge in [0.1, 0.15) is 0 Å². The summed E-state index contributed by atoms with van der Waals surface area (Å²) in [7, 11) is 1.56. The van der Waals surface area contributed by atoms with Gasteiger partial charge in [-0.3, -0.25) is 4.57 Å². The zero-order valence-corrected chi connectivity index (χ0v) is 7.65. The normalized spacial score (nSPS) is 11.3. The van der Waals surface area contributed by atoms with Crippen LogP contribution in [0.25, 0.3) is 6.08 Å². The zero-order chi connectivity index (χ0) is 10.0. The highest BCUT2D eigenvalue weighted by molar-refractivity contribution is 5.62. The topological polar surface area (TPSA) is 65.6 Å². The molecule has 72 valence electrons. The van der Waals surface area contributed by atoms with Crippen LogP contribution in [0.5, 0.6) is 11.8 Å². The van der Waals surface area contributed by atoms with Gasteiger partial charge >= 0.3 is 0 Å². The van der Waals surface area contributed by atoms with Crippen LogP contribution in [0.1, 0.15) is 11.1 Å². The van der Waals surface area contributed by atoms with Crippen molar-refractivity contribution in [1.82, 2.24) is 4.57 Å². The Bertz CT molecular complexity index is 314. The van der Waals surface area contributed by atoms with Gasteiger partial charge in [-0.15, -0.1) is 0 Å². The summed E-state index contributed by atoms with van der Waals surface area (Å²) in [6.45, 7) is 1.61. The summed E-state index contributed by atoms with van der Waals surface area (Å²) in [6, 6.07) is 0. The molecule has 4 nitrogen and oxygen atoms in total. The van der Waals surface area contributed by atoms with Crippen LogP contribution in [-0.4, -0.2) is 26.5 Å². The molecule has 1 heterocycles. The maximum atomic E-state index is 9.50. The molecule has 0 saturated carbocycles. The van der Waals surface area contributed by atoms with E-state index < -0.39 is 0 Å². The number of aromatic nitrogens is 1. The zero-order valence-electron chi connectivity index (χ0n) is 7.65. The number of rotatable bonds is 2. The molecule has 0 aliphatic heterocycles. The summed E-state index contributed by atoms with van der Waals surface area (Å²) in [4.78, 5) is 0. The third-order valence-corrected chi connectivity index (χ3v) is 2.01. The lowest BCUT2D eigenvalue weighted by Gasteiger charge is -1.95. The predicted molar refractivity (Wildman–Crippen MR) is 49.6 cm³/mol. The molecule has 0 fully saturated rings. The third kappa shape index (κ3) is 1.53. The molecule has 0 atom stereocenters. The molecule has 4 heteroatoms. The Kier molecular flexibility index (Phi) is 2.63. The maximum absolute atomic E-state index is 9.50. The molecule has 0 saturated heterocycles. The minimum absolute atomic E-state index is 0.000278. The van der Waals surface area contributed by atoms with Crippen LogP contribution in [-0.2, 0) is 7.05 Å². The summed E-state index contributed by atoms with van der Waals surface area (Å²) >= 11 is 0. The monoisotopic (exact) mass is 183 g/mol. The van der Waals surface area contributed by atoms with Crippen LogP contribution in [0.15, 0.2) is 6.08 Å². The molecule has 0 amide bonds. The van der Waals surface area contributed by atoms with Gasteiger partial charge in [0.25, 0.3) is 0 Å². The molecule has 0 aliphatic rings. The Morgan fingerprint density at radius 2 is 1.92 bits per heavy atom. The summed E-state index contributed by atoms with van der Waals surface area (Å²) in [5.74, 6) is 0.0368. The van der Waals surface area contributed by atoms with Crippen molar-refractivity contribution in [2.45, 2.75) is 6.92 Å². The van der Waals surface area contributed by atoms with E-state index in [9.17, 15) is 10.2 Å². The van der Waals surface area contributed by atoms with E-state index in [1.54, 1.807) is 20.0 Å². The fourth-order valence-electron chi connectivity index (χ4n) is 1.19. The number of aliphatic hydroxyl groups is 1. The van der Waals surface area contributed by atoms with Gasteiger partial charge in [0, 0.05) is 18.2 Å². The van der Waals surface area contributed by atoms with Crippen LogP contribution < -0.4 is 0 Å². The van der Waals surface area contributed by atoms with Crippen LogP contribution in [0.3, 0.4) is 0 Å². The fraction of sp³-hybridized carbons (Fsp3) is 0.333. The lowest BCUT2D eigenvalue weighted by molar-refractivity contribution is 0.343. The molecule has 1 aromatic rings. The van der Waals surface area contributed by atoms with Crippen molar-refractivity contribution in [2.75, 3.05) is 6.61 Å². The first kappa shape index (κ1) is 9.67. The van der Waals surface area contributed by atoms with Crippen molar-refractivity contribution in [3.63, 3.8) is 0 Å². The molecular formula is C9H13NO3. The van der Waals surface area contributed by atoms with E-state index >= 15 is 0 Å². The minimum atomic E-state index is -0.0888. The number of aliphatic hydroxyl groups excluding tert-OH is 1. The van der Waals surface area contributed by atoms with Crippen molar-refractivity contribution in [2.24, 2.45) is 7.05 Å². The van der Waals surface area contributed by atoms with E-state index in [1.807, 2.05) is 0 Å². The molecule has 0 radical (unpaired) electrons. The van der Waals surface area contributed by atoms with Gasteiger partial charge in [-0.25, -0.2) is 0 Å². The minimum Gasteiger partial charge on any atom is -0.494 e. The molecule has 1 aromatic heterocycles. The first-order chi connectivity index (χ1) is 6.09. The van der Waals surface area contributed by atoms with E-state index in [2.05, 4.69) is 0 Å². The second kappa shape index (κ2) is 3.53. The van der Waals surface area contributed by atoms with Gasteiger partial charge < -0.3 is 15.3 Å². The quantitative estimate of drug-likeness (QED) is 0.634. The second-order valence-corrected chi connectivity index (χ2v) is 2.83. The lowest BCUT2D eigenvalue weighted by Crippen LogP contribution is -1.84. The van der Waals surface area contributed by atoms with Crippen LogP contribution in [0, 0.1) is 6.92 Å². The van der Waals surface area contributed by atoms with Gasteiger partial charge in [0.05, 0.1) is 6.61 Å². The van der Waals surface area contributed by atoms with Crippen molar-refractivity contribution in [1.29, 1.82) is 0 Å². The molecule has 0 aliphatic carbocycles. The van der Waals surface area contributed by atoms with E-state index in [-0.39, 0.29) is 18.4 Å². The molecular weight excluding hydrogens is 170 g/mol. The standard InChI is InChI=1S/C9H13NO3/c1-6-7(4-3-5-11)9(13)10(2)8(6)12/h3-4,11-13H,5H2,1-2H3. The third-order valence-electron chi connectivity index (χ3n) is 2.01. The second-order valence-electron chi connectivity index (χ2n) is 2.83. The smallest absolute Gasteiger partial charge is 0.201 e. The first-order valence-electron chi connectivity index (χ1n) is 3.94. The summed E-state index contributed by atoms with van der Waals surface area (Å²) < 4.78 is 1.28. The highest BCUT2D eigenvalue weighted by atomic mass is 16.3. The molecule has 13 heavy (non-hydrogen) atoms. The van der Waals surface area contributed by atoms with Gasteiger partial charge in [-0.1, -0.05) is 12.2 Å². The van der Waals surface area contributed by atoms with Crippen LogP contribution >= 0.6 is 0 Å². The van der Waals surface area contributed by atoms with Crippen molar-refractivity contribution < 1.29 is 15.3 Å². The predicted octanol–water partition coefficient (Wildman–Crippen LogP) is 0.750. The van der Waals surface area contributed by atoms with Crippen molar-refractivity contribution in [3.05, 3.63) is 17.2 Å². The maximum Gasteiger partial charge on any atom is 0.201 e. The van der Waals surface area contributed by atoms with Gasteiger partial charge in [0.2, 0.25) is 5.88 Å². The largest absolute Gasteiger partial charge is 0.494 e. The molecule has 0 spiro atoms. The van der Waals surface area contributed by atoms with Gasteiger partial charge in [-0.2, -0.15) is 0 Å². The molecule has 0 unspecified atom stereocenters. The van der Waals surface area contributed by atoms with Crippen LogP contribution in [0.2, 0.25) is 0 Å². The average Bonchev–Trinajstić information content (AvgIpc) is 2.30. The Morgan fingerprint density at radius 3 is 2.31 bits per heavy atom. The number of aromatic hydroxyl groups is 2. The highest BCUT2D eigenvalue weighted by Crippen LogP contribution is 2.32. The summed E-state index contributed by atoms with van der Waals surface area (Å²) in [6.07, 6.45) is 3.08. The van der Waals surface area contributed by atoms with Crippen molar-refractivity contribution in [3.8, 4) is 11.8 Å². The van der Waals surface area contributed by atoms with Crippen molar-refractivity contribution >= 4 is 6.08 Å². The SMILES string of the molecule is Cc1c(C=CCO)c(O)n(C)c1O. The van der Waals surface area contributed by atoms with Gasteiger partial charge in [0.15, 0.2) is 5.88 Å². The molecule has 3 N–H and O–H groups in total. The Balaban J connectivity index is 3.21. The van der Waals surface area contributed by atoms with E-state index in [0.717, 1.165) is 0 Å². The fourth-order valence-corrected chi connectivity index (χ4v) is 1.19. The Labute approximate surface area is 76.4 Å². The summed E-state index contributed by atoms with van der Waals surface area (Å²) in [5, 5.41) is 27.5. The number of nitrogens with zero attached hydrogens (tertiary/aromatic N) is 1. The average molecular weight is 183 g/mol.